The number of rotatable bonds is 5. The molecule has 0 saturated heterocycles. The molecule has 0 N–H and O–H groups in total. The molecule has 0 atom stereocenters. The van der Waals surface area contributed by atoms with Crippen LogP contribution in [-0.4, -0.2) is 40.4 Å². The van der Waals surface area contributed by atoms with Gasteiger partial charge < -0.3 is 9.64 Å². The fourth-order valence-electron chi connectivity index (χ4n) is 2.80. The molecule has 0 spiro atoms. The molecule has 1 aliphatic rings. The van der Waals surface area contributed by atoms with Gasteiger partial charge in [0.2, 0.25) is 0 Å². The van der Waals surface area contributed by atoms with Gasteiger partial charge in [-0.3, -0.25) is 0 Å². The number of aromatic nitrogens is 2. The lowest BCUT2D eigenvalue weighted by Crippen LogP contribution is -2.25. The van der Waals surface area contributed by atoms with Gasteiger partial charge in [-0.1, -0.05) is 19.1 Å². The third kappa shape index (κ3) is 3.62. The molecule has 0 fully saturated rings. The third-order valence-corrected chi connectivity index (χ3v) is 4.52. The normalized spacial score (nSPS) is 15.5. The van der Waals surface area contributed by atoms with E-state index in [2.05, 4.69) is 58.8 Å². The van der Waals surface area contributed by atoms with E-state index in [1.807, 2.05) is 0 Å². The molecule has 0 unspecified atom stereocenters. The molecule has 5 heteroatoms. The van der Waals surface area contributed by atoms with Crippen molar-refractivity contribution < 1.29 is 4.74 Å². The molecule has 0 bridgehead atoms. The van der Waals surface area contributed by atoms with Crippen LogP contribution in [0.5, 0.6) is 5.75 Å². The van der Waals surface area contributed by atoms with Gasteiger partial charge in [-0.15, -0.1) is 0 Å². The Morgan fingerprint density at radius 3 is 2.87 bits per heavy atom. The second-order valence-corrected chi connectivity index (χ2v) is 6.59. The first kappa shape index (κ1) is 16.1. The van der Waals surface area contributed by atoms with Gasteiger partial charge in [0.05, 0.1) is 18.3 Å². The van der Waals surface area contributed by atoms with Crippen LogP contribution in [0.3, 0.4) is 0 Å². The predicted octanol–water partition coefficient (Wildman–Crippen LogP) is 4.02. The highest BCUT2D eigenvalue weighted by Crippen LogP contribution is 2.35. The maximum Gasteiger partial charge on any atom is 0.129 e. The Hall–Kier alpha value is -1.72. The van der Waals surface area contributed by atoms with Gasteiger partial charge in [0.25, 0.3) is 0 Å². The molecular formula is C18H23N3OS. The predicted molar refractivity (Wildman–Crippen MR) is 96.0 cm³/mol. The number of benzene rings is 1. The lowest BCUT2D eigenvalue weighted by molar-refractivity contribution is 0.318. The van der Waals surface area contributed by atoms with Crippen molar-refractivity contribution in [3.8, 4) is 17.0 Å². The zero-order valence-corrected chi connectivity index (χ0v) is 14.8. The first-order valence-electron chi connectivity index (χ1n) is 8.13. The molecule has 0 saturated carbocycles. The van der Waals surface area contributed by atoms with Crippen molar-refractivity contribution in [1.82, 2.24) is 13.6 Å². The smallest absolute Gasteiger partial charge is 0.129 e. The van der Waals surface area contributed by atoms with Crippen LogP contribution in [0.4, 0.5) is 0 Å². The SMILES string of the molecule is CCCOc1cc(C)ccc1-c1nsnc1C1=CCCN(C)C1. The number of hydrogen-bond acceptors (Lipinski definition) is 5. The molecule has 0 aliphatic carbocycles. The molecule has 23 heavy (non-hydrogen) atoms. The topological polar surface area (TPSA) is 38.3 Å². The van der Waals surface area contributed by atoms with Gasteiger partial charge >= 0.3 is 0 Å². The molecule has 1 aromatic heterocycles. The van der Waals surface area contributed by atoms with Crippen molar-refractivity contribution in [2.45, 2.75) is 26.7 Å². The summed E-state index contributed by atoms with van der Waals surface area (Å²) in [5.74, 6) is 0.908. The second-order valence-electron chi connectivity index (χ2n) is 6.07. The minimum Gasteiger partial charge on any atom is -0.493 e. The van der Waals surface area contributed by atoms with Crippen LogP contribution < -0.4 is 4.74 Å². The third-order valence-electron chi connectivity index (χ3n) is 3.99. The van der Waals surface area contributed by atoms with E-state index >= 15 is 0 Å². The Balaban J connectivity index is 2.00. The van der Waals surface area contributed by atoms with Crippen LogP contribution in [0.15, 0.2) is 24.3 Å². The molecule has 1 aromatic carbocycles. The maximum atomic E-state index is 5.96. The minimum atomic E-state index is 0.717. The second kappa shape index (κ2) is 7.23. The average Bonchev–Trinajstić information content (AvgIpc) is 3.02. The van der Waals surface area contributed by atoms with Crippen LogP contribution in [0.1, 0.15) is 31.0 Å². The van der Waals surface area contributed by atoms with Crippen molar-refractivity contribution in [3.05, 3.63) is 35.5 Å². The lowest BCUT2D eigenvalue weighted by Gasteiger charge is -2.22. The molecule has 122 valence electrons. The largest absolute Gasteiger partial charge is 0.493 e. The number of nitrogens with zero attached hydrogens (tertiary/aromatic N) is 3. The fraction of sp³-hybridized carbons (Fsp3) is 0.444. The number of aryl methyl sites for hydroxylation is 1. The lowest BCUT2D eigenvalue weighted by atomic mass is 10.0. The van der Waals surface area contributed by atoms with Crippen molar-refractivity contribution in [2.24, 2.45) is 0 Å². The van der Waals surface area contributed by atoms with E-state index in [1.165, 1.54) is 22.9 Å². The summed E-state index contributed by atoms with van der Waals surface area (Å²) in [7, 11) is 2.15. The standard InChI is InChI=1S/C18H23N3OS/c1-4-10-22-16-11-13(2)7-8-15(16)18-17(19-23-20-18)14-6-5-9-21(3)12-14/h6-8,11H,4-5,9-10,12H2,1-3H3. The molecular weight excluding hydrogens is 306 g/mol. The summed E-state index contributed by atoms with van der Waals surface area (Å²) >= 11 is 1.28. The Kier molecular flexibility index (Phi) is 5.08. The first-order valence-corrected chi connectivity index (χ1v) is 8.86. The van der Waals surface area contributed by atoms with Gasteiger partial charge in [0.1, 0.15) is 17.1 Å². The van der Waals surface area contributed by atoms with Crippen LogP contribution in [0, 0.1) is 6.92 Å². The highest BCUT2D eigenvalue weighted by Gasteiger charge is 2.20. The molecule has 0 amide bonds. The quantitative estimate of drug-likeness (QED) is 0.830. The molecule has 2 aromatic rings. The number of hydrogen-bond donors (Lipinski definition) is 0. The van der Waals surface area contributed by atoms with Crippen molar-refractivity contribution in [1.29, 1.82) is 0 Å². The zero-order chi connectivity index (χ0) is 16.2. The van der Waals surface area contributed by atoms with E-state index in [0.717, 1.165) is 55.2 Å². The van der Waals surface area contributed by atoms with Crippen LogP contribution in [-0.2, 0) is 0 Å². The summed E-state index contributed by atoms with van der Waals surface area (Å²) in [5.41, 5.74) is 5.46. The summed E-state index contributed by atoms with van der Waals surface area (Å²) in [4.78, 5) is 2.32. The van der Waals surface area contributed by atoms with Gasteiger partial charge in [-0.25, -0.2) is 0 Å². The highest BCUT2D eigenvalue weighted by molar-refractivity contribution is 6.99. The summed E-state index contributed by atoms with van der Waals surface area (Å²) in [6.07, 6.45) is 4.35. The van der Waals surface area contributed by atoms with Gasteiger partial charge in [-0.2, -0.15) is 8.75 Å². The van der Waals surface area contributed by atoms with Gasteiger partial charge in [-0.05, 0) is 50.1 Å². The van der Waals surface area contributed by atoms with Crippen LogP contribution >= 0.6 is 11.7 Å². The summed E-state index contributed by atoms with van der Waals surface area (Å²) in [6.45, 7) is 6.95. The van der Waals surface area contributed by atoms with Crippen LogP contribution in [0.2, 0.25) is 0 Å². The molecule has 0 radical (unpaired) electrons. The van der Waals surface area contributed by atoms with E-state index in [9.17, 15) is 0 Å². The Bertz CT molecular complexity index is 708. The number of ether oxygens (including phenoxy) is 1. The van der Waals surface area contributed by atoms with Crippen molar-refractivity contribution in [2.75, 3.05) is 26.7 Å². The molecule has 3 rings (SSSR count). The zero-order valence-electron chi connectivity index (χ0n) is 14.0. The van der Waals surface area contributed by atoms with E-state index < -0.39 is 0 Å². The van der Waals surface area contributed by atoms with Gasteiger partial charge in [0.15, 0.2) is 0 Å². The van der Waals surface area contributed by atoms with E-state index in [0.29, 0.717) is 0 Å². The van der Waals surface area contributed by atoms with Crippen molar-refractivity contribution in [3.63, 3.8) is 0 Å². The molecule has 2 heterocycles. The molecule has 4 nitrogen and oxygen atoms in total. The summed E-state index contributed by atoms with van der Waals surface area (Å²) in [6, 6.07) is 6.31. The monoisotopic (exact) mass is 329 g/mol. The Labute approximate surface area is 142 Å². The van der Waals surface area contributed by atoms with E-state index in [-0.39, 0.29) is 0 Å². The minimum absolute atomic E-state index is 0.717. The van der Waals surface area contributed by atoms with E-state index in [1.54, 1.807) is 0 Å². The number of likely N-dealkylation sites (N-methyl/N-ethyl adjacent to an activating group) is 1. The Morgan fingerprint density at radius 2 is 2.09 bits per heavy atom. The highest BCUT2D eigenvalue weighted by atomic mass is 32.1. The average molecular weight is 329 g/mol. The molecule has 1 aliphatic heterocycles. The van der Waals surface area contributed by atoms with Crippen LogP contribution in [0.25, 0.3) is 16.8 Å². The summed E-state index contributed by atoms with van der Waals surface area (Å²) < 4.78 is 15.1. The fourth-order valence-corrected chi connectivity index (χ4v) is 3.39. The van der Waals surface area contributed by atoms with Gasteiger partial charge in [0, 0.05) is 18.7 Å². The van der Waals surface area contributed by atoms with E-state index in [4.69, 9.17) is 4.74 Å². The maximum absolute atomic E-state index is 5.96. The summed E-state index contributed by atoms with van der Waals surface area (Å²) in [5, 5.41) is 0. The Morgan fingerprint density at radius 1 is 1.26 bits per heavy atom. The first-order chi connectivity index (χ1) is 11.2. The van der Waals surface area contributed by atoms with Crippen molar-refractivity contribution >= 4 is 17.3 Å².